The summed E-state index contributed by atoms with van der Waals surface area (Å²) in [6.45, 7) is 1.14. The molecule has 0 radical (unpaired) electrons. The van der Waals surface area contributed by atoms with E-state index in [1.54, 1.807) is 0 Å². The Morgan fingerprint density at radius 1 is 1.50 bits per heavy atom. The topological polar surface area (TPSA) is 185 Å². The number of amides is 2. The maximum atomic E-state index is 12.9. The average Bonchev–Trinajstić information content (AvgIpc) is 3.41. The fraction of sp³-hybridized carbons (Fsp3) is 0.438. The summed E-state index contributed by atoms with van der Waals surface area (Å²) in [4.78, 5) is 46.2. The van der Waals surface area contributed by atoms with Crippen molar-refractivity contribution in [2.45, 2.75) is 13.0 Å². The highest BCUT2D eigenvalue weighted by Gasteiger charge is 2.50. The number of nitrogens with two attached hydrogens (primary N) is 1. The number of alkyl halides is 1. The van der Waals surface area contributed by atoms with E-state index in [0.29, 0.717) is 5.33 Å². The smallest absolute Gasteiger partial charge is 0.355 e. The third kappa shape index (κ3) is 4.62. The highest BCUT2D eigenvalue weighted by atomic mass is 79.9. The Bertz CT molecular complexity index is 1120. The number of anilines is 1. The molecule has 2 aliphatic rings. The van der Waals surface area contributed by atoms with E-state index < -0.39 is 39.4 Å². The summed E-state index contributed by atoms with van der Waals surface area (Å²) in [5.74, 6) is -3.42. The highest BCUT2D eigenvalue weighted by molar-refractivity contribution is 9.09. The van der Waals surface area contributed by atoms with Gasteiger partial charge in [-0.3, -0.25) is 9.59 Å². The van der Waals surface area contributed by atoms with Gasteiger partial charge in [0.15, 0.2) is 26.4 Å². The van der Waals surface area contributed by atoms with Gasteiger partial charge < -0.3 is 21.0 Å². The van der Waals surface area contributed by atoms with Gasteiger partial charge in [-0.05, 0) is 0 Å². The van der Waals surface area contributed by atoms with E-state index in [1.807, 2.05) is 0 Å². The third-order valence-electron chi connectivity index (χ3n) is 4.55. The summed E-state index contributed by atoms with van der Waals surface area (Å²) in [6, 6.07) is -1.14. The molecule has 1 fully saturated rings. The minimum absolute atomic E-state index is 0.126. The molecule has 2 amide bonds. The molecule has 0 bridgehead atoms. The normalized spacial score (nSPS) is 19.4. The van der Waals surface area contributed by atoms with Gasteiger partial charge >= 0.3 is 5.97 Å². The molecule has 0 unspecified atom stereocenters. The van der Waals surface area contributed by atoms with Crippen LogP contribution in [0.5, 0.6) is 0 Å². The molecule has 0 saturated carbocycles. The van der Waals surface area contributed by atoms with Crippen LogP contribution in [0.1, 0.15) is 12.6 Å². The first-order valence-electron chi connectivity index (χ1n) is 9.16. The molecule has 1 aromatic heterocycles. The van der Waals surface area contributed by atoms with Crippen LogP contribution >= 0.6 is 27.3 Å². The minimum atomic E-state index is -3.84. The lowest BCUT2D eigenvalue weighted by molar-refractivity contribution is -0.143. The van der Waals surface area contributed by atoms with Crippen LogP contribution in [0.4, 0.5) is 5.13 Å². The fourth-order valence-corrected chi connectivity index (χ4v) is 4.97. The monoisotopic (exact) mass is 550 g/mol. The van der Waals surface area contributed by atoms with Crippen LogP contribution < -0.4 is 11.1 Å². The lowest BCUT2D eigenvalue weighted by Gasteiger charge is -2.18. The van der Waals surface area contributed by atoms with Crippen LogP contribution in [-0.4, -0.2) is 88.8 Å². The number of carboxylic acids is 1. The first-order chi connectivity index (χ1) is 15.1. The van der Waals surface area contributed by atoms with Crippen molar-refractivity contribution in [1.82, 2.24) is 20.3 Å². The Labute approximate surface area is 194 Å². The Morgan fingerprint density at radius 3 is 2.78 bits per heavy atom. The van der Waals surface area contributed by atoms with E-state index in [4.69, 9.17) is 10.6 Å². The molecular formula is C16H19BrN6O7S2. The van der Waals surface area contributed by atoms with Gasteiger partial charge in [-0.1, -0.05) is 28.0 Å². The predicted octanol–water partition coefficient (Wildman–Crippen LogP) is -0.871. The van der Waals surface area contributed by atoms with Crippen LogP contribution in [0.2, 0.25) is 0 Å². The number of hydrazine groups is 1. The molecular weight excluding hydrogens is 532 g/mol. The summed E-state index contributed by atoms with van der Waals surface area (Å²) in [5, 5.41) is 20.0. The summed E-state index contributed by atoms with van der Waals surface area (Å²) >= 11 is 4.25. The largest absolute Gasteiger partial charge is 0.476 e. The summed E-state index contributed by atoms with van der Waals surface area (Å²) < 4.78 is 24.6. The van der Waals surface area contributed by atoms with E-state index in [2.05, 4.69) is 31.4 Å². The standard InChI is InChI=1S/C16H19BrN6O7S2/c1-2-32(28,29)10-6-22-5-8(14(25)23(22)12(10)15(26)27)19-13(24)11(21-30-4-3-17)9-7-31-16(18)20-9/h7-8H,2-6H2,1H3,(H2,18,20)(H,19,24)(H,26,27)/b21-11+/t8-/m0/s1. The van der Waals surface area contributed by atoms with Crippen molar-refractivity contribution in [3.05, 3.63) is 21.7 Å². The lowest BCUT2D eigenvalue weighted by atomic mass is 10.2. The molecule has 3 heterocycles. The molecule has 0 aromatic carbocycles. The van der Waals surface area contributed by atoms with Gasteiger partial charge in [0.2, 0.25) is 0 Å². The number of halogens is 1. The van der Waals surface area contributed by atoms with Crippen molar-refractivity contribution < 1.29 is 32.7 Å². The minimum Gasteiger partial charge on any atom is -0.476 e. The number of aliphatic carboxylic acids is 1. The number of oxime groups is 1. The number of rotatable bonds is 9. The number of carbonyl (C=O) groups is 3. The zero-order valence-electron chi connectivity index (χ0n) is 16.6. The lowest BCUT2D eigenvalue weighted by Crippen LogP contribution is -2.46. The van der Waals surface area contributed by atoms with Crippen LogP contribution in [0.25, 0.3) is 0 Å². The van der Waals surface area contributed by atoms with Crippen LogP contribution in [0.15, 0.2) is 21.1 Å². The van der Waals surface area contributed by atoms with Crippen LogP contribution in [0.3, 0.4) is 0 Å². The number of nitrogens with one attached hydrogen (secondary N) is 1. The van der Waals surface area contributed by atoms with E-state index >= 15 is 0 Å². The number of hydrogen-bond acceptors (Lipinski definition) is 11. The Morgan fingerprint density at radius 2 is 2.22 bits per heavy atom. The molecule has 13 nitrogen and oxygen atoms in total. The molecule has 174 valence electrons. The molecule has 1 aromatic rings. The van der Waals surface area contributed by atoms with Gasteiger partial charge in [-0.15, -0.1) is 11.3 Å². The average molecular weight is 551 g/mol. The van der Waals surface area contributed by atoms with E-state index in [9.17, 15) is 27.9 Å². The number of thiazole rings is 1. The Hall–Kier alpha value is -2.56. The summed E-state index contributed by atoms with van der Waals surface area (Å²) in [7, 11) is -3.84. The number of carbonyl (C=O) groups excluding carboxylic acids is 2. The molecule has 0 spiro atoms. The third-order valence-corrected chi connectivity index (χ3v) is 7.38. The summed E-state index contributed by atoms with van der Waals surface area (Å²) in [5.41, 5.74) is 4.92. The number of nitrogens with zero attached hydrogens (tertiary/aromatic N) is 4. The number of hydrogen-bond donors (Lipinski definition) is 3. The van der Waals surface area contributed by atoms with Gasteiger partial charge in [-0.25, -0.2) is 28.2 Å². The van der Waals surface area contributed by atoms with E-state index in [0.717, 1.165) is 16.3 Å². The maximum Gasteiger partial charge on any atom is 0.355 e. The molecule has 32 heavy (non-hydrogen) atoms. The molecule has 3 rings (SSSR count). The van der Waals surface area contributed by atoms with Crippen LogP contribution in [-0.2, 0) is 29.1 Å². The van der Waals surface area contributed by atoms with Gasteiger partial charge in [0.05, 0.1) is 17.2 Å². The zero-order valence-corrected chi connectivity index (χ0v) is 19.9. The second kappa shape index (κ2) is 9.51. The maximum absolute atomic E-state index is 12.9. The fourth-order valence-electron chi connectivity index (χ4n) is 3.11. The first-order valence-corrected chi connectivity index (χ1v) is 12.8. The van der Waals surface area contributed by atoms with E-state index in [1.165, 1.54) is 17.3 Å². The molecule has 1 atom stereocenters. The second-order valence-electron chi connectivity index (χ2n) is 6.54. The van der Waals surface area contributed by atoms with Crippen molar-refractivity contribution in [3.63, 3.8) is 0 Å². The zero-order chi connectivity index (χ0) is 23.6. The number of fused-ring (bicyclic) bond motifs is 1. The second-order valence-corrected chi connectivity index (χ2v) is 10.5. The summed E-state index contributed by atoms with van der Waals surface area (Å²) in [6.07, 6.45) is 0. The van der Waals surface area contributed by atoms with Gasteiger partial charge in [-0.2, -0.15) is 0 Å². The van der Waals surface area contributed by atoms with Crippen molar-refractivity contribution in [2.24, 2.45) is 5.16 Å². The van der Waals surface area contributed by atoms with Crippen molar-refractivity contribution in [2.75, 3.05) is 36.5 Å². The van der Waals surface area contributed by atoms with Crippen molar-refractivity contribution in [1.29, 1.82) is 0 Å². The van der Waals surface area contributed by atoms with E-state index in [-0.39, 0.29) is 46.9 Å². The molecule has 0 aliphatic carbocycles. The predicted molar refractivity (Wildman–Crippen MR) is 117 cm³/mol. The number of carboxylic acid groups (broad SMARTS) is 1. The van der Waals surface area contributed by atoms with Crippen LogP contribution in [0, 0.1) is 0 Å². The van der Waals surface area contributed by atoms with Gasteiger partial charge in [0.25, 0.3) is 11.8 Å². The van der Waals surface area contributed by atoms with Gasteiger partial charge in [0, 0.05) is 17.3 Å². The van der Waals surface area contributed by atoms with Gasteiger partial charge in [0.1, 0.15) is 18.3 Å². The molecule has 1 saturated heterocycles. The molecule has 16 heteroatoms. The molecule has 2 aliphatic heterocycles. The first kappa shape index (κ1) is 24.1. The Kier molecular flexibility index (Phi) is 7.16. The molecule has 4 N–H and O–H groups in total. The Balaban J connectivity index is 1.84. The quantitative estimate of drug-likeness (QED) is 0.151. The number of nitrogen functional groups attached to an aromatic ring is 1. The van der Waals surface area contributed by atoms with Crippen molar-refractivity contribution in [3.8, 4) is 0 Å². The number of aromatic nitrogens is 1. The SMILES string of the molecule is CCS(=O)(=O)C1=C(C(=O)O)N2C(=O)[C@@H](NC(=O)/C(=N/OCCBr)c3csc(N)n3)CN2C1. The van der Waals surface area contributed by atoms with Crippen molar-refractivity contribution >= 4 is 65.7 Å². The highest BCUT2D eigenvalue weighted by Crippen LogP contribution is 2.32. The number of sulfone groups is 1.